The van der Waals surface area contributed by atoms with Gasteiger partial charge in [-0.1, -0.05) is 60.7 Å². The van der Waals surface area contributed by atoms with Crippen LogP contribution >= 0.6 is 0 Å². The first-order chi connectivity index (χ1) is 13.0. The Morgan fingerprint density at radius 1 is 1.08 bits per heavy atom. The van der Waals surface area contributed by atoms with Gasteiger partial charge in [-0.25, -0.2) is 0 Å². The van der Waals surface area contributed by atoms with E-state index in [0.717, 1.165) is 41.9 Å². The zero-order valence-corrected chi connectivity index (χ0v) is 13.4. The van der Waals surface area contributed by atoms with Crippen LogP contribution in [0.1, 0.15) is 33.5 Å². The molecule has 24 heavy (non-hydrogen) atoms. The fraction of sp³-hybridized carbons (Fsp3) is 0.273. The third-order valence-corrected chi connectivity index (χ3v) is 4.84. The van der Waals surface area contributed by atoms with E-state index in [-0.39, 0.29) is 5.92 Å². The Bertz CT molecular complexity index is 885. The van der Waals surface area contributed by atoms with Gasteiger partial charge in [-0.15, -0.1) is 0 Å². The van der Waals surface area contributed by atoms with E-state index in [1.165, 1.54) is 5.56 Å². The second-order valence-corrected chi connectivity index (χ2v) is 6.38. The molecule has 1 aliphatic rings. The molecule has 1 heterocycles. The quantitative estimate of drug-likeness (QED) is 0.638. The zero-order valence-electron chi connectivity index (χ0n) is 16.4. The summed E-state index contributed by atoms with van der Waals surface area (Å²) in [6.07, 6.45) is 1.92. The minimum absolute atomic E-state index is 0.0987. The van der Waals surface area contributed by atoms with E-state index in [9.17, 15) is 0 Å². The molecule has 1 aromatic heterocycles. The maximum atomic E-state index is 7.63. The third kappa shape index (κ3) is 2.90. The van der Waals surface area contributed by atoms with Crippen LogP contribution in [0.15, 0.2) is 71.1 Å². The predicted octanol–water partition coefficient (Wildman–Crippen LogP) is 5.44. The molecule has 0 saturated carbocycles. The Morgan fingerprint density at radius 3 is 2.58 bits per heavy atom. The van der Waals surface area contributed by atoms with Gasteiger partial charge in [-0.3, -0.25) is 0 Å². The van der Waals surface area contributed by atoms with Crippen molar-refractivity contribution in [3.8, 4) is 11.3 Å². The number of ether oxygens (including phenoxy) is 1. The normalized spacial score (nSPS) is 22.2. The van der Waals surface area contributed by atoms with Crippen molar-refractivity contribution in [2.75, 3.05) is 7.04 Å². The fourth-order valence-electron chi connectivity index (χ4n) is 3.63. The minimum Gasteiger partial charge on any atom is -0.461 e. The summed E-state index contributed by atoms with van der Waals surface area (Å²) in [6.45, 7) is 0. The van der Waals surface area contributed by atoms with Gasteiger partial charge in [0, 0.05) is 24.6 Å². The predicted molar refractivity (Wildman–Crippen MR) is 95.9 cm³/mol. The van der Waals surface area contributed by atoms with Gasteiger partial charge >= 0.3 is 0 Å². The van der Waals surface area contributed by atoms with E-state index in [1.807, 2.05) is 54.6 Å². The van der Waals surface area contributed by atoms with Crippen LogP contribution in [-0.4, -0.2) is 7.04 Å². The molecule has 0 N–H and O–H groups in total. The lowest BCUT2D eigenvalue weighted by Crippen LogP contribution is -2.23. The molecule has 3 aromatic rings. The summed E-state index contributed by atoms with van der Waals surface area (Å²) in [5, 5.41) is 0. The van der Waals surface area contributed by atoms with Crippen molar-refractivity contribution in [3.05, 3.63) is 83.6 Å². The van der Waals surface area contributed by atoms with Gasteiger partial charge in [0.25, 0.3) is 0 Å². The number of benzene rings is 2. The highest BCUT2D eigenvalue weighted by Crippen LogP contribution is 2.42. The van der Waals surface area contributed by atoms with Crippen molar-refractivity contribution < 1.29 is 13.3 Å². The maximum Gasteiger partial charge on any atom is 0.134 e. The number of hydrogen-bond acceptors (Lipinski definition) is 2. The SMILES string of the molecule is [2H]C([2H])([2H])O[C@@H]1c2cc(-c3ccccc3)oc2CC[C@@H]1Cc1ccccc1. The maximum absolute atomic E-state index is 7.63. The molecule has 0 saturated heterocycles. The molecular weight excluding hydrogens is 296 g/mol. The third-order valence-electron chi connectivity index (χ3n) is 4.84. The van der Waals surface area contributed by atoms with Crippen molar-refractivity contribution in [3.63, 3.8) is 0 Å². The van der Waals surface area contributed by atoms with Crippen LogP contribution < -0.4 is 0 Å². The molecule has 0 radical (unpaired) electrons. The molecule has 1 aliphatic carbocycles. The lowest BCUT2D eigenvalue weighted by Gasteiger charge is -2.30. The summed E-state index contributed by atoms with van der Waals surface area (Å²) < 4.78 is 34.5. The van der Waals surface area contributed by atoms with Crippen LogP contribution in [0.4, 0.5) is 0 Å². The number of furan rings is 1. The van der Waals surface area contributed by atoms with E-state index in [4.69, 9.17) is 13.3 Å². The van der Waals surface area contributed by atoms with Crippen molar-refractivity contribution in [1.29, 1.82) is 0 Å². The highest BCUT2D eigenvalue weighted by atomic mass is 16.5. The monoisotopic (exact) mass is 321 g/mol. The standard InChI is InChI=1S/C22H22O2/c1-23-22-18(14-16-8-4-2-5-9-16)12-13-20-19(22)15-21(24-20)17-10-6-3-7-11-17/h2-11,15,18,22H,12-14H2,1H3/t18-,22+/m1/s1/i1D3. The Morgan fingerprint density at radius 2 is 1.83 bits per heavy atom. The molecule has 2 atom stereocenters. The number of aryl methyl sites for hydroxylation is 1. The molecule has 0 spiro atoms. The summed E-state index contributed by atoms with van der Waals surface area (Å²) in [4.78, 5) is 0. The van der Waals surface area contributed by atoms with Crippen molar-refractivity contribution in [2.24, 2.45) is 5.92 Å². The van der Waals surface area contributed by atoms with Crippen LogP contribution in [0.5, 0.6) is 0 Å². The van der Waals surface area contributed by atoms with Crippen molar-refractivity contribution in [1.82, 2.24) is 0 Å². The molecule has 2 aromatic carbocycles. The van der Waals surface area contributed by atoms with Crippen LogP contribution in [0, 0.1) is 5.92 Å². The summed E-state index contributed by atoms with van der Waals surface area (Å²) in [5.74, 6) is 1.70. The average molecular weight is 321 g/mol. The largest absolute Gasteiger partial charge is 0.461 e. The van der Waals surface area contributed by atoms with Crippen LogP contribution in [0.2, 0.25) is 0 Å². The number of fused-ring (bicyclic) bond motifs is 1. The Hall–Kier alpha value is -2.32. The van der Waals surface area contributed by atoms with E-state index in [2.05, 4.69) is 12.1 Å². The van der Waals surface area contributed by atoms with E-state index in [1.54, 1.807) is 0 Å². The Balaban J connectivity index is 1.67. The molecule has 0 unspecified atom stereocenters. The van der Waals surface area contributed by atoms with Gasteiger partial charge in [0.05, 0.1) is 10.2 Å². The second kappa shape index (κ2) is 6.66. The first kappa shape index (κ1) is 12.1. The van der Waals surface area contributed by atoms with Crippen LogP contribution in [-0.2, 0) is 17.6 Å². The summed E-state index contributed by atoms with van der Waals surface area (Å²) in [7, 11) is -2.45. The first-order valence-corrected chi connectivity index (χ1v) is 8.39. The molecule has 122 valence electrons. The molecule has 2 heteroatoms. The second-order valence-electron chi connectivity index (χ2n) is 6.38. The van der Waals surface area contributed by atoms with Gasteiger partial charge in [-0.05, 0) is 30.4 Å². The molecule has 2 nitrogen and oxygen atoms in total. The smallest absolute Gasteiger partial charge is 0.134 e. The lowest BCUT2D eigenvalue weighted by atomic mass is 9.81. The average Bonchev–Trinajstić information content (AvgIpc) is 3.09. The fourth-order valence-corrected chi connectivity index (χ4v) is 3.63. The van der Waals surface area contributed by atoms with Crippen molar-refractivity contribution in [2.45, 2.75) is 25.4 Å². The summed E-state index contributed by atoms with van der Waals surface area (Å²) in [5.41, 5.74) is 3.05. The molecule has 0 amide bonds. The lowest BCUT2D eigenvalue weighted by molar-refractivity contribution is 0.0382. The molecule has 4 rings (SSSR count). The minimum atomic E-state index is -2.45. The van der Waals surface area contributed by atoms with E-state index < -0.39 is 13.1 Å². The highest BCUT2D eigenvalue weighted by Gasteiger charge is 2.32. The first-order valence-electron chi connectivity index (χ1n) is 9.89. The molecule has 0 fully saturated rings. The topological polar surface area (TPSA) is 22.4 Å². The Kier molecular flexibility index (Phi) is 3.36. The van der Waals surface area contributed by atoms with E-state index in [0.29, 0.717) is 0 Å². The van der Waals surface area contributed by atoms with Gasteiger partial charge in [0.15, 0.2) is 0 Å². The van der Waals surface area contributed by atoms with Gasteiger partial charge < -0.3 is 9.15 Å². The zero-order chi connectivity index (χ0) is 18.9. The number of rotatable bonds is 4. The highest BCUT2D eigenvalue weighted by molar-refractivity contribution is 5.59. The molecule has 0 bridgehead atoms. The summed E-state index contributed by atoms with van der Waals surface area (Å²) >= 11 is 0. The van der Waals surface area contributed by atoms with E-state index >= 15 is 0 Å². The summed E-state index contributed by atoms with van der Waals surface area (Å²) in [6, 6.07) is 22.0. The van der Waals surface area contributed by atoms with Gasteiger partial charge in [-0.2, -0.15) is 0 Å². The van der Waals surface area contributed by atoms with Gasteiger partial charge in [0.1, 0.15) is 11.5 Å². The molecular formula is C22H22O2. The van der Waals surface area contributed by atoms with Crippen LogP contribution in [0.25, 0.3) is 11.3 Å². The number of methoxy groups -OCH3 is 1. The number of hydrogen-bond donors (Lipinski definition) is 0. The van der Waals surface area contributed by atoms with Crippen molar-refractivity contribution >= 4 is 0 Å². The van der Waals surface area contributed by atoms with Crippen LogP contribution in [0.3, 0.4) is 0 Å². The van der Waals surface area contributed by atoms with Gasteiger partial charge in [0.2, 0.25) is 0 Å². The Labute approximate surface area is 147 Å². The molecule has 0 aliphatic heterocycles.